The van der Waals surface area contributed by atoms with Crippen LogP contribution in [-0.2, 0) is 0 Å². The van der Waals surface area contributed by atoms with Crippen LogP contribution in [0.15, 0.2) is 46.9 Å². The van der Waals surface area contributed by atoms with Gasteiger partial charge in [0.25, 0.3) is 0 Å². The van der Waals surface area contributed by atoms with E-state index in [-0.39, 0.29) is 11.9 Å². The van der Waals surface area contributed by atoms with Gasteiger partial charge in [0, 0.05) is 4.47 Å². The third-order valence-electron chi connectivity index (χ3n) is 3.04. The van der Waals surface area contributed by atoms with Crippen LogP contribution >= 0.6 is 15.9 Å². The molecule has 1 atom stereocenters. The lowest BCUT2D eigenvalue weighted by Crippen LogP contribution is -2.18. The van der Waals surface area contributed by atoms with Gasteiger partial charge in [-0.15, -0.1) is 0 Å². The van der Waals surface area contributed by atoms with E-state index in [1.807, 2.05) is 25.2 Å². The van der Waals surface area contributed by atoms with Crippen molar-refractivity contribution in [2.45, 2.75) is 13.0 Å². The first-order chi connectivity index (χ1) is 8.61. The van der Waals surface area contributed by atoms with Gasteiger partial charge in [0.1, 0.15) is 5.82 Å². The highest BCUT2D eigenvalue weighted by Gasteiger charge is 2.14. The fraction of sp³-hybridized carbons (Fsp3) is 0.200. The van der Waals surface area contributed by atoms with Crippen molar-refractivity contribution in [1.29, 1.82) is 0 Å². The van der Waals surface area contributed by atoms with E-state index in [9.17, 15) is 4.39 Å². The predicted octanol–water partition coefficient (Wildman–Crippen LogP) is 4.21. The van der Waals surface area contributed by atoms with E-state index in [2.05, 4.69) is 40.3 Å². The van der Waals surface area contributed by atoms with Crippen molar-refractivity contribution < 1.29 is 4.39 Å². The Morgan fingerprint density at radius 3 is 2.39 bits per heavy atom. The second-order valence-corrected chi connectivity index (χ2v) is 5.19. The predicted molar refractivity (Wildman–Crippen MR) is 76.2 cm³/mol. The Bertz CT molecular complexity index is 537. The van der Waals surface area contributed by atoms with E-state index >= 15 is 0 Å². The van der Waals surface area contributed by atoms with Gasteiger partial charge in [0.05, 0.1) is 6.04 Å². The summed E-state index contributed by atoms with van der Waals surface area (Å²) < 4.78 is 14.0. The first-order valence-electron chi connectivity index (χ1n) is 5.80. The van der Waals surface area contributed by atoms with Gasteiger partial charge in [0.15, 0.2) is 0 Å². The van der Waals surface area contributed by atoms with Gasteiger partial charge in [-0.25, -0.2) is 4.39 Å². The van der Waals surface area contributed by atoms with Crippen molar-refractivity contribution in [3.63, 3.8) is 0 Å². The molecule has 94 valence electrons. The van der Waals surface area contributed by atoms with Crippen LogP contribution in [0.2, 0.25) is 0 Å². The third-order valence-corrected chi connectivity index (χ3v) is 3.54. The maximum Gasteiger partial charge on any atom is 0.123 e. The first-order valence-corrected chi connectivity index (χ1v) is 6.60. The third kappa shape index (κ3) is 2.79. The van der Waals surface area contributed by atoms with Gasteiger partial charge in [0.2, 0.25) is 0 Å². The van der Waals surface area contributed by atoms with E-state index in [4.69, 9.17) is 0 Å². The number of nitrogens with one attached hydrogen (secondary N) is 1. The lowest BCUT2D eigenvalue weighted by molar-refractivity contribution is 0.623. The van der Waals surface area contributed by atoms with Crippen LogP contribution in [0.3, 0.4) is 0 Å². The van der Waals surface area contributed by atoms with Crippen molar-refractivity contribution in [3.8, 4) is 0 Å². The van der Waals surface area contributed by atoms with Crippen LogP contribution in [0.5, 0.6) is 0 Å². The molecule has 0 spiro atoms. The molecule has 0 heterocycles. The Morgan fingerprint density at radius 1 is 1.11 bits per heavy atom. The maximum absolute atomic E-state index is 13.0. The van der Waals surface area contributed by atoms with Crippen molar-refractivity contribution in [1.82, 2.24) is 5.32 Å². The minimum atomic E-state index is -0.209. The highest BCUT2D eigenvalue weighted by Crippen LogP contribution is 2.27. The molecule has 3 heteroatoms. The molecule has 0 aliphatic carbocycles. The molecule has 2 rings (SSSR count). The monoisotopic (exact) mass is 307 g/mol. The Balaban J connectivity index is 2.44. The number of halogens is 2. The lowest BCUT2D eigenvalue weighted by atomic mass is 9.95. The summed E-state index contributed by atoms with van der Waals surface area (Å²) in [5.41, 5.74) is 3.46. The molecule has 0 aliphatic heterocycles. The minimum absolute atomic E-state index is 0.0723. The van der Waals surface area contributed by atoms with Gasteiger partial charge < -0.3 is 5.32 Å². The second-order valence-electron chi connectivity index (χ2n) is 4.27. The molecule has 0 bridgehead atoms. The fourth-order valence-corrected chi connectivity index (χ4v) is 2.46. The zero-order valence-corrected chi connectivity index (χ0v) is 12.0. The van der Waals surface area contributed by atoms with Crippen molar-refractivity contribution in [2.24, 2.45) is 0 Å². The summed E-state index contributed by atoms with van der Waals surface area (Å²) in [5, 5.41) is 3.28. The molecular formula is C15H15BrFN. The summed E-state index contributed by atoms with van der Waals surface area (Å²) in [5.74, 6) is -0.209. The van der Waals surface area contributed by atoms with Crippen LogP contribution in [0.4, 0.5) is 4.39 Å². The summed E-state index contributed by atoms with van der Waals surface area (Å²) in [6.45, 7) is 2.08. The Morgan fingerprint density at radius 2 is 1.78 bits per heavy atom. The summed E-state index contributed by atoms with van der Waals surface area (Å²) in [6, 6.07) is 12.9. The Labute approximate surface area is 115 Å². The van der Waals surface area contributed by atoms with Crippen LogP contribution in [0.25, 0.3) is 0 Å². The molecule has 1 N–H and O–H groups in total. The summed E-state index contributed by atoms with van der Waals surface area (Å²) >= 11 is 3.49. The standard InChI is InChI=1S/C15H15BrFN/c1-10-3-6-12(16)9-14(10)15(18-2)11-4-7-13(17)8-5-11/h3-9,15,18H,1-2H3. The van der Waals surface area contributed by atoms with E-state index in [1.165, 1.54) is 23.3 Å². The molecule has 0 aliphatic rings. The average molecular weight is 308 g/mol. The van der Waals surface area contributed by atoms with Crippen LogP contribution in [-0.4, -0.2) is 7.05 Å². The molecule has 0 aromatic heterocycles. The SMILES string of the molecule is CNC(c1ccc(F)cc1)c1cc(Br)ccc1C. The van der Waals surface area contributed by atoms with Gasteiger partial charge in [-0.3, -0.25) is 0 Å². The van der Waals surface area contributed by atoms with E-state index in [0.717, 1.165) is 10.0 Å². The molecule has 2 aromatic rings. The number of hydrogen-bond donors (Lipinski definition) is 1. The molecule has 0 amide bonds. The molecule has 0 radical (unpaired) electrons. The van der Waals surface area contributed by atoms with Crippen LogP contribution in [0, 0.1) is 12.7 Å². The van der Waals surface area contributed by atoms with Crippen LogP contribution < -0.4 is 5.32 Å². The molecular weight excluding hydrogens is 293 g/mol. The smallest absolute Gasteiger partial charge is 0.123 e. The topological polar surface area (TPSA) is 12.0 Å². The summed E-state index contributed by atoms with van der Waals surface area (Å²) in [4.78, 5) is 0. The highest BCUT2D eigenvalue weighted by molar-refractivity contribution is 9.10. The quantitative estimate of drug-likeness (QED) is 0.896. The minimum Gasteiger partial charge on any atom is -0.309 e. The second kappa shape index (κ2) is 5.63. The van der Waals surface area contributed by atoms with Gasteiger partial charge in [-0.1, -0.05) is 34.1 Å². The van der Waals surface area contributed by atoms with Crippen LogP contribution in [0.1, 0.15) is 22.7 Å². The molecule has 1 nitrogen and oxygen atoms in total. The maximum atomic E-state index is 13.0. The average Bonchev–Trinajstić information content (AvgIpc) is 2.37. The van der Waals surface area contributed by atoms with Crippen molar-refractivity contribution >= 4 is 15.9 Å². The van der Waals surface area contributed by atoms with E-state index in [0.29, 0.717) is 0 Å². The largest absolute Gasteiger partial charge is 0.309 e. The zero-order valence-electron chi connectivity index (χ0n) is 10.4. The highest BCUT2D eigenvalue weighted by atomic mass is 79.9. The normalized spacial score (nSPS) is 12.4. The van der Waals surface area contributed by atoms with Crippen molar-refractivity contribution in [3.05, 3.63) is 69.4 Å². The molecule has 0 saturated heterocycles. The number of benzene rings is 2. The van der Waals surface area contributed by atoms with Gasteiger partial charge in [-0.2, -0.15) is 0 Å². The summed E-state index contributed by atoms with van der Waals surface area (Å²) in [7, 11) is 1.91. The molecule has 18 heavy (non-hydrogen) atoms. The number of aryl methyl sites for hydroxylation is 1. The Hall–Kier alpha value is -1.19. The van der Waals surface area contributed by atoms with E-state index in [1.54, 1.807) is 0 Å². The first kappa shape index (κ1) is 13.2. The fourth-order valence-electron chi connectivity index (χ4n) is 2.08. The van der Waals surface area contributed by atoms with Gasteiger partial charge >= 0.3 is 0 Å². The Kier molecular flexibility index (Phi) is 4.15. The molecule has 1 unspecified atom stereocenters. The van der Waals surface area contributed by atoms with Crippen molar-refractivity contribution in [2.75, 3.05) is 7.05 Å². The lowest BCUT2D eigenvalue weighted by Gasteiger charge is -2.19. The van der Waals surface area contributed by atoms with E-state index < -0.39 is 0 Å². The van der Waals surface area contributed by atoms with Gasteiger partial charge in [-0.05, 0) is 54.9 Å². The number of rotatable bonds is 3. The summed E-state index contributed by atoms with van der Waals surface area (Å²) in [6.07, 6.45) is 0. The zero-order chi connectivity index (χ0) is 13.1. The molecule has 0 saturated carbocycles. The molecule has 0 fully saturated rings. The number of hydrogen-bond acceptors (Lipinski definition) is 1. The molecule has 2 aromatic carbocycles.